The van der Waals surface area contributed by atoms with Gasteiger partial charge in [0.2, 0.25) is 11.8 Å². The van der Waals surface area contributed by atoms with Crippen LogP contribution in [0, 0.1) is 11.8 Å². The number of rotatable bonds is 5. The van der Waals surface area contributed by atoms with Crippen LogP contribution in [0.2, 0.25) is 0 Å². The average molecular weight is 406 g/mol. The number of furan rings is 1. The molecule has 30 heavy (non-hydrogen) atoms. The first kappa shape index (κ1) is 19.1. The number of anilines is 1. The lowest BCUT2D eigenvalue weighted by Crippen LogP contribution is -2.44. The van der Waals surface area contributed by atoms with Gasteiger partial charge in [0.1, 0.15) is 11.4 Å². The van der Waals surface area contributed by atoms with Gasteiger partial charge in [-0.15, -0.1) is 0 Å². The molecule has 156 valence electrons. The predicted octanol–water partition coefficient (Wildman–Crippen LogP) is 3.35. The van der Waals surface area contributed by atoms with E-state index in [0.717, 1.165) is 5.69 Å². The van der Waals surface area contributed by atoms with Crippen molar-refractivity contribution in [1.29, 1.82) is 0 Å². The molecule has 0 saturated carbocycles. The highest BCUT2D eigenvalue weighted by Gasteiger charge is 2.67. The van der Waals surface area contributed by atoms with Crippen molar-refractivity contribution in [2.45, 2.75) is 38.0 Å². The Morgan fingerprint density at radius 1 is 1.27 bits per heavy atom. The quantitative estimate of drug-likeness (QED) is 0.715. The second kappa shape index (κ2) is 6.84. The van der Waals surface area contributed by atoms with Gasteiger partial charge in [-0.3, -0.25) is 9.59 Å². The van der Waals surface area contributed by atoms with Gasteiger partial charge in [-0.1, -0.05) is 38.1 Å². The van der Waals surface area contributed by atoms with Gasteiger partial charge >= 0.3 is 0 Å². The van der Waals surface area contributed by atoms with E-state index in [4.69, 9.17) is 9.15 Å². The molecule has 0 unspecified atom stereocenters. The fourth-order valence-electron chi connectivity index (χ4n) is 5.01. The van der Waals surface area contributed by atoms with Crippen LogP contribution in [0.5, 0.6) is 0 Å². The van der Waals surface area contributed by atoms with E-state index >= 15 is 0 Å². The van der Waals surface area contributed by atoms with Gasteiger partial charge < -0.3 is 19.0 Å². The summed E-state index contributed by atoms with van der Waals surface area (Å²) in [5.74, 6) is 0.0118. The van der Waals surface area contributed by atoms with Crippen LogP contribution < -0.4 is 4.90 Å². The van der Waals surface area contributed by atoms with Crippen molar-refractivity contribution in [3.63, 3.8) is 0 Å². The molecule has 6 heteroatoms. The number of fused-ring (bicyclic) bond motifs is 1. The van der Waals surface area contributed by atoms with Crippen LogP contribution in [-0.2, 0) is 20.9 Å². The molecule has 3 aliphatic rings. The maximum absolute atomic E-state index is 13.5. The van der Waals surface area contributed by atoms with E-state index in [1.54, 1.807) is 29.2 Å². The van der Waals surface area contributed by atoms with Crippen molar-refractivity contribution in [2.24, 2.45) is 11.8 Å². The van der Waals surface area contributed by atoms with Gasteiger partial charge in [0.25, 0.3) is 0 Å². The minimum Gasteiger partial charge on any atom is -0.467 e. The summed E-state index contributed by atoms with van der Waals surface area (Å²) in [5.41, 5.74) is 1.36. The Kier molecular flexibility index (Phi) is 4.36. The number of benzene rings is 1. The van der Waals surface area contributed by atoms with Crippen molar-refractivity contribution in [3.8, 4) is 0 Å². The minimum absolute atomic E-state index is 0.0381. The first-order valence-electron chi connectivity index (χ1n) is 10.5. The summed E-state index contributed by atoms with van der Waals surface area (Å²) in [4.78, 5) is 30.2. The second-order valence-electron chi connectivity index (χ2n) is 8.84. The molecule has 6 nitrogen and oxygen atoms in total. The van der Waals surface area contributed by atoms with Crippen molar-refractivity contribution in [2.75, 3.05) is 18.5 Å². The van der Waals surface area contributed by atoms with Gasteiger partial charge in [0.05, 0.1) is 37.3 Å². The second-order valence-corrected chi connectivity index (χ2v) is 8.84. The lowest BCUT2D eigenvalue weighted by atomic mass is 9.76. The monoisotopic (exact) mass is 406 g/mol. The average Bonchev–Trinajstić information content (AvgIpc) is 3.50. The van der Waals surface area contributed by atoms with E-state index < -0.39 is 17.4 Å². The number of carbonyl (C=O) groups is 2. The van der Waals surface area contributed by atoms with Gasteiger partial charge in [0.15, 0.2) is 0 Å². The normalized spacial score (nSPS) is 29.1. The summed E-state index contributed by atoms with van der Waals surface area (Å²) in [6.45, 7) is 5.10. The van der Waals surface area contributed by atoms with Gasteiger partial charge in [-0.2, -0.15) is 0 Å². The molecule has 0 radical (unpaired) electrons. The van der Waals surface area contributed by atoms with Crippen LogP contribution in [0.1, 0.15) is 31.1 Å². The van der Waals surface area contributed by atoms with E-state index in [0.29, 0.717) is 24.8 Å². The van der Waals surface area contributed by atoms with Gasteiger partial charge in [-0.05, 0) is 35.7 Å². The lowest BCUT2D eigenvalue weighted by molar-refractivity contribution is -0.139. The predicted molar refractivity (Wildman–Crippen MR) is 112 cm³/mol. The number of ether oxygens (including phenoxy) is 1. The molecular formula is C24H26N2O4. The van der Waals surface area contributed by atoms with Crippen molar-refractivity contribution < 1.29 is 18.7 Å². The maximum atomic E-state index is 13.5. The minimum atomic E-state index is -0.718. The van der Waals surface area contributed by atoms with Crippen LogP contribution in [0.4, 0.5) is 5.69 Å². The molecule has 1 aromatic heterocycles. The summed E-state index contributed by atoms with van der Waals surface area (Å²) >= 11 is 0. The Morgan fingerprint density at radius 2 is 2.03 bits per heavy atom. The zero-order chi connectivity index (χ0) is 21.0. The van der Waals surface area contributed by atoms with E-state index in [1.165, 1.54) is 5.56 Å². The van der Waals surface area contributed by atoms with Crippen LogP contribution >= 0.6 is 0 Å². The van der Waals surface area contributed by atoms with E-state index in [-0.39, 0.29) is 17.9 Å². The summed E-state index contributed by atoms with van der Waals surface area (Å²) in [5, 5.41) is 0. The smallest absolute Gasteiger partial charge is 0.234 e. The van der Waals surface area contributed by atoms with Gasteiger partial charge in [0, 0.05) is 12.7 Å². The van der Waals surface area contributed by atoms with Crippen molar-refractivity contribution in [3.05, 3.63) is 66.1 Å². The third-order valence-corrected chi connectivity index (χ3v) is 6.61. The summed E-state index contributed by atoms with van der Waals surface area (Å²) in [6.07, 6.45) is 5.17. The molecule has 2 bridgehead atoms. The summed E-state index contributed by atoms with van der Waals surface area (Å²) in [7, 11) is 1.75. The molecule has 4 heterocycles. The Labute approximate surface area is 176 Å². The molecule has 1 aromatic carbocycles. The van der Waals surface area contributed by atoms with Gasteiger partial charge in [-0.25, -0.2) is 0 Å². The van der Waals surface area contributed by atoms with Crippen LogP contribution in [0.15, 0.2) is 59.2 Å². The van der Waals surface area contributed by atoms with E-state index in [1.807, 2.05) is 30.4 Å². The highest BCUT2D eigenvalue weighted by molar-refractivity contribution is 6.03. The molecule has 2 fully saturated rings. The fraction of sp³-hybridized carbons (Fsp3) is 0.417. The molecule has 5 rings (SSSR count). The number of hydrogen-bond donors (Lipinski definition) is 0. The molecular weight excluding hydrogens is 380 g/mol. The number of carbonyl (C=O) groups excluding carboxylic acids is 2. The molecule has 3 aliphatic heterocycles. The first-order chi connectivity index (χ1) is 14.4. The molecule has 0 aliphatic carbocycles. The standard InChI is InChI=1S/C24H26N2O4/c1-15(2)16-6-8-17(9-7-16)26-14-24-11-10-19(30-24)20(21(24)23(26)28)22(27)25(3)13-18-5-4-12-29-18/h4-12,15,19-21H,13-14H2,1-3H3/t19-,20-,21+,24-/m0/s1. The molecule has 2 amide bonds. The summed E-state index contributed by atoms with van der Waals surface area (Å²) < 4.78 is 11.6. The highest BCUT2D eigenvalue weighted by Crippen LogP contribution is 2.53. The Balaban J connectivity index is 1.40. The number of amides is 2. The van der Waals surface area contributed by atoms with Crippen molar-refractivity contribution >= 4 is 17.5 Å². The lowest BCUT2D eigenvalue weighted by Gasteiger charge is -2.27. The molecule has 2 saturated heterocycles. The van der Waals surface area contributed by atoms with Crippen LogP contribution in [0.25, 0.3) is 0 Å². The highest BCUT2D eigenvalue weighted by atomic mass is 16.5. The van der Waals surface area contributed by atoms with Crippen molar-refractivity contribution in [1.82, 2.24) is 4.90 Å². The molecule has 2 aromatic rings. The zero-order valence-corrected chi connectivity index (χ0v) is 17.4. The zero-order valence-electron chi connectivity index (χ0n) is 17.4. The topological polar surface area (TPSA) is 63.0 Å². The SMILES string of the molecule is CC(C)c1ccc(N2C[C@]34C=C[C@H](O3)[C@H](C(=O)N(C)Cc3ccco3)[C@@H]4C2=O)cc1. The Hall–Kier alpha value is -2.86. The van der Waals surface area contributed by atoms with Crippen LogP contribution in [-0.4, -0.2) is 42.0 Å². The number of hydrogen-bond acceptors (Lipinski definition) is 4. The molecule has 1 spiro atoms. The molecule has 0 N–H and O–H groups in total. The largest absolute Gasteiger partial charge is 0.467 e. The van der Waals surface area contributed by atoms with Crippen LogP contribution in [0.3, 0.4) is 0 Å². The first-order valence-corrected chi connectivity index (χ1v) is 10.5. The van der Waals surface area contributed by atoms with E-state index in [9.17, 15) is 9.59 Å². The Bertz CT molecular complexity index is 995. The third kappa shape index (κ3) is 2.82. The number of nitrogens with zero attached hydrogens (tertiary/aromatic N) is 2. The Morgan fingerprint density at radius 3 is 2.70 bits per heavy atom. The van der Waals surface area contributed by atoms with E-state index in [2.05, 4.69) is 26.0 Å². The summed E-state index contributed by atoms with van der Waals surface area (Å²) in [6, 6.07) is 11.7. The molecule has 4 atom stereocenters. The third-order valence-electron chi connectivity index (χ3n) is 6.61. The fourth-order valence-corrected chi connectivity index (χ4v) is 5.01. The maximum Gasteiger partial charge on any atom is 0.234 e.